The molecule has 10 rings (SSSR count). The zero-order chi connectivity index (χ0) is 33.7. The Morgan fingerprint density at radius 3 is 1.37 bits per heavy atom. The lowest BCUT2D eigenvalue weighted by molar-refractivity contribution is 1.19. The number of pyridine rings is 1. The van der Waals surface area contributed by atoms with E-state index in [1.54, 1.807) is 0 Å². The minimum absolute atomic E-state index is 0.940. The summed E-state index contributed by atoms with van der Waals surface area (Å²) in [5, 5.41) is 2.33. The molecule has 0 aliphatic carbocycles. The van der Waals surface area contributed by atoms with Crippen LogP contribution in [0.1, 0.15) is 33.4 Å². The fraction of sp³-hybridized carbons (Fsp3) is 0. The lowest BCUT2D eigenvalue weighted by atomic mass is 9.78. The minimum atomic E-state index is 0.940. The Kier molecular flexibility index (Phi) is 6.85. The second kappa shape index (κ2) is 12.0. The molecule has 0 N–H and O–H groups in total. The molecule has 7 aromatic carbocycles. The second-order valence-electron chi connectivity index (χ2n) is 13.0. The van der Waals surface area contributed by atoms with Gasteiger partial charge in [0.2, 0.25) is 0 Å². The minimum Gasteiger partial charge on any atom is -0.292 e. The molecule has 0 fully saturated rings. The quantitative estimate of drug-likeness (QED) is 0.185. The van der Waals surface area contributed by atoms with Crippen molar-refractivity contribution in [3.8, 4) is 22.4 Å². The molecule has 1 aromatic heterocycles. The van der Waals surface area contributed by atoms with E-state index in [1.165, 1.54) is 44.3 Å². The molecule has 8 aromatic rings. The van der Waals surface area contributed by atoms with Crippen molar-refractivity contribution in [2.45, 2.75) is 0 Å². The lowest BCUT2D eigenvalue weighted by Gasteiger charge is -2.42. The van der Waals surface area contributed by atoms with Crippen LogP contribution in [0.25, 0.3) is 55.7 Å². The highest BCUT2D eigenvalue weighted by atomic mass is 15.2. The molecule has 2 aliphatic heterocycles. The number of hydrogen-bond acceptors (Lipinski definition) is 2. The van der Waals surface area contributed by atoms with Gasteiger partial charge in [-0.2, -0.15) is 0 Å². The number of rotatable bonds is 5. The molecule has 51 heavy (non-hydrogen) atoms. The summed E-state index contributed by atoms with van der Waals surface area (Å²) in [5.41, 5.74) is 16.1. The predicted molar refractivity (Wildman–Crippen MR) is 213 cm³/mol. The van der Waals surface area contributed by atoms with E-state index in [-0.39, 0.29) is 0 Å². The van der Waals surface area contributed by atoms with Crippen LogP contribution in [0.4, 0.5) is 5.82 Å². The summed E-state index contributed by atoms with van der Waals surface area (Å²) < 4.78 is 0. The van der Waals surface area contributed by atoms with Gasteiger partial charge in [0.25, 0.3) is 0 Å². The van der Waals surface area contributed by atoms with E-state index in [2.05, 4.69) is 199 Å². The van der Waals surface area contributed by atoms with E-state index in [0.717, 1.165) is 50.5 Å². The van der Waals surface area contributed by atoms with Crippen molar-refractivity contribution in [2.75, 3.05) is 4.90 Å². The molecule has 238 valence electrons. The summed E-state index contributed by atoms with van der Waals surface area (Å²) in [6, 6.07) is 69.7. The number of nitrogens with zero attached hydrogens (tertiary/aromatic N) is 2. The van der Waals surface area contributed by atoms with Crippen molar-refractivity contribution in [2.24, 2.45) is 0 Å². The van der Waals surface area contributed by atoms with Crippen molar-refractivity contribution in [1.29, 1.82) is 0 Å². The molecular formula is C49H32N2. The van der Waals surface area contributed by atoms with E-state index < -0.39 is 0 Å². The van der Waals surface area contributed by atoms with Gasteiger partial charge in [-0.15, -0.1) is 0 Å². The third kappa shape index (κ3) is 4.61. The summed E-state index contributed by atoms with van der Waals surface area (Å²) in [6.45, 7) is 0. The number of benzene rings is 7. The smallest absolute Gasteiger partial charge is 0.146 e. The van der Waals surface area contributed by atoms with Gasteiger partial charge >= 0.3 is 0 Å². The Balaban J connectivity index is 1.44. The highest BCUT2D eigenvalue weighted by Gasteiger charge is 2.39. The SMILES string of the molecule is c1ccc(C2=C(c3ccccc3)N3C(=C(c4ccccc4)c4cccc5c(-c6ccccc6)c(-c6ccccc6)nc3c45)c3ccccc32)cc1. The van der Waals surface area contributed by atoms with E-state index in [9.17, 15) is 0 Å². The molecular weight excluding hydrogens is 617 g/mol. The van der Waals surface area contributed by atoms with Gasteiger partial charge in [0.05, 0.1) is 17.1 Å². The summed E-state index contributed by atoms with van der Waals surface area (Å²) in [6.07, 6.45) is 0. The first kappa shape index (κ1) is 29.2. The van der Waals surface area contributed by atoms with Gasteiger partial charge in [-0.25, -0.2) is 4.98 Å². The second-order valence-corrected chi connectivity index (χ2v) is 13.0. The Labute approximate surface area is 298 Å². The van der Waals surface area contributed by atoms with Gasteiger partial charge in [0.1, 0.15) is 5.82 Å². The van der Waals surface area contributed by atoms with E-state index in [4.69, 9.17) is 4.98 Å². The molecule has 0 spiro atoms. The third-order valence-corrected chi connectivity index (χ3v) is 10.1. The maximum Gasteiger partial charge on any atom is 0.146 e. The first-order valence-electron chi connectivity index (χ1n) is 17.5. The zero-order valence-corrected chi connectivity index (χ0v) is 27.9. The maximum absolute atomic E-state index is 5.82. The van der Waals surface area contributed by atoms with E-state index >= 15 is 0 Å². The van der Waals surface area contributed by atoms with Crippen LogP contribution < -0.4 is 4.90 Å². The molecule has 2 nitrogen and oxygen atoms in total. The average Bonchev–Trinajstić information content (AvgIpc) is 3.22. The molecule has 0 radical (unpaired) electrons. The molecule has 0 unspecified atom stereocenters. The van der Waals surface area contributed by atoms with Crippen LogP contribution in [0.5, 0.6) is 0 Å². The van der Waals surface area contributed by atoms with Crippen molar-refractivity contribution in [3.05, 3.63) is 228 Å². The first-order valence-corrected chi connectivity index (χ1v) is 17.5. The largest absolute Gasteiger partial charge is 0.292 e. The molecule has 0 atom stereocenters. The maximum atomic E-state index is 5.82. The Hall–Kier alpha value is -6.77. The highest BCUT2D eigenvalue weighted by Crippen LogP contribution is 2.57. The van der Waals surface area contributed by atoms with E-state index in [1.807, 2.05) is 0 Å². The van der Waals surface area contributed by atoms with Crippen LogP contribution in [0, 0.1) is 0 Å². The fourth-order valence-electron chi connectivity index (χ4n) is 8.05. The van der Waals surface area contributed by atoms with Gasteiger partial charge in [-0.1, -0.05) is 194 Å². The fourth-order valence-corrected chi connectivity index (χ4v) is 8.05. The van der Waals surface area contributed by atoms with Crippen molar-refractivity contribution >= 4 is 39.1 Å². The average molecular weight is 649 g/mol. The molecule has 0 bridgehead atoms. The normalized spacial score (nSPS) is 13.3. The van der Waals surface area contributed by atoms with Crippen LogP contribution in [0.2, 0.25) is 0 Å². The standard InChI is InChI=1S/C49H32N2/c1-6-19-33(20-7-1)42-40-31-18-32-41-44(35-23-10-3-11-24-35)48-39-30-17-16-29-38(39)43(34-21-8-2-9-22-34)47(37-27-14-5-15-28-37)51(48)49(45(40)41)50-46(42)36-25-12-4-13-26-36/h1-32H. The number of fused-ring (bicyclic) bond motifs is 4. The Bertz CT molecular complexity index is 2640. The van der Waals surface area contributed by atoms with Crippen LogP contribution in [-0.4, -0.2) is 4.98 Å². The van der Waals surface area contributed by atoms with Crippen LogP contribution in [0.3, 0.4) is 0 Å². The lowest BCUT2D eigenvalue weighted by Crippen LogP contribution is -2.30. The molecule has 0 amide bonds. The van der Waals surface area contributed by atoms with Crippen LogP contribution in [-0.2, 0) is 0 Å². The molecule has 0 saturated heterocycles. The highest BCUT2D eigenvalue weighted by molar-refractivity contribution is 6.27. The summed E-state index contributed by atoms with van der Waals surface area (Å²) in [4.78, 5) is 8.31. The zero-order valence-electron chi connectivity index (χ0n) is 27.9. The van der Waals surface area contributed by atoms with E-state index in [0.29, 0.717) is 0 Å². The molecule has 0 saturated carbocycles. The monoisotopic (exact) mass is 648 g/mol. The summed E-state index contributed by atoms with van der Waals surface area (Å²) in [7, 11) is 0. The number of anilines is 1. The van der Waals surface area contributed by atoms with Gasteiger partial charge in [-0.05, 0) is 38.8 Å². The Morgan fingerprint density at radius 1 is 0.333 bits per heavy atom. The number of aromatic nitrogens is 1. The topological polar surface area (TPSA) is 16.1 Å². The van der Waals surface area contributed by atoms with Crippen LogP contribution >= 0.6 is 0 Å². The predicted octanol–water partition coefficient (Wildman–Crippen LogP) is 12.2. The third-order valence-electron chi connectivity index (χ3n) is 10.1. The van der Waals surface area contributed by atoms with Crippen molar-refractivity contribution in [1.82, 2.24) is 4.98 Å². The number of hydrogen-bond donors (Lipinski definition) is 0. The Morgan fingerprint density at radius 2 is 0.784 bits per heavy atom. The summed E-state index contributed by atoms with van der Waals surface area (Å²) >= 11 is 0. The van der Waals surface area contributed by atoms with Gasteiger partial charge in [0, 0.05) is 33.2 Å². The molecule has 2 heteroatoms. The van der Waals surface area contributed by atoms with Crippen molar-refractivity contribution in [3.63, 3.8) is 0 Å². The first-order chi connectivity index (χ1) is 25.4. The van der Waals surface area contributed by atoms with Gasteiger partial charge < -0.3 is 0 Å². The molecule has 2 aliphatic rings. The summed E-state index contributed by atoms with van der Waals surface area (Å²) in [5.74, 6) is 0.940. The van der Waals surface area contributed by atoms with Crippen LogP contribution in [0.15, 0.2) is 194 Å². The van der Waals surface area contributed by atoms with Crippen molar-refractivity contribution < 1.29 is 0 Å². The van der Waals surface area contributed by atoms with Gasteiger partial charge in [-0.3, -0.25) is 4.90 Å². The molecule has 3 heterocycles. The van der Waals surface area contributed by atoms with Gasteiger partial charge in [0.15, 0.2) is 0 Å².